The van der Waals surface area contributed by atoms with Gasteiger partial charge < -0.3 is 9.80 Å². The summed E-state index contributed by atoms with van der Waals surface area (Å²) in [6.07, 6.45) is 17.9. The number of amides is 2. The number of carbonyl (C=O) groups is 2. The minimum Gasteiger partial charge on any atom is -0.339 e. The van der Waals surface area contributed by atoms with Crippen LogP contribution in [0.5, 0.6) is 0 Å². The molecule has 0 aromatic carbocycles. The second kappa shape index (κ2) is 7.22. The van der Waals surface area contributed by atoms with Crippen LogP contribution in [-0.4, -0.2) is 47.8 Å². The van der Waals surface area contributed by atoms with E-state index >= 15 is 0 Å². The Bertz CT molecular complexity index is 733. The summed E-state index contributed by atoms with van der Waals surface area (Å²) in [5.41, 5.74) is -0.0976. The Balaban J connectivity index is 1.04. The van der Waals surface area contributed by atoms with E-state index < -0.39 is 0 Å². The number of nitrogens with zero attached hydrogens (tertiary/aromatic N) is 2. The molecule has 1 saturated heterocycles. The third-order valence-electron chi connectivity index (χ3n) is 11.5. The lowest BCUT2D eigenvalue weighted by molar-refractivity contribution is -0.157. The molecule has 9 rings (SSSR count). The van der Waals surface area contributed by atoms with Crippen molar-refractivity contribution in [2.75, 3.05) is 26.2 Å². The van der Waals surface area contributed by atoms with Crippen molar-refractivity contribution in [3.63, 3.8) is 0 Å². The maximum atomic E-state index is 13.9. The molecule has 8 bridgehead atoms. The average molecular weight is 439 g/mol. The highest BCUT2D eigenvalue weighted by molar-refractivity contribution is 5.85. The molecule has 0 N–H and O–H groups in total. The van der Waals surface area contributed by atoms with Crippen molar-refractivity contribution in [2.45, 2.75) is 89.9 Å². The van der Waals surface area contributed by atoms with Crippen LogP contribution in [0.2, 0.25) is 0 Å². The van der Waals surface area contributed by atoms with Gasteiger partial charge in [-0.2, -0.15) is 0 Å². The highest BCUT2D eigenvalue weighted by Gasteiger charge is 2.55. The monoisotopic (exact) mass is 438 g/mol. The zero-order valence-corrected chi connectivity index (χ0v) is 19.9. The lowest BCUT2D eigenvalue weighted by atomic mass is 9.58. The van der Waals surface area contributed by atoms with Crippen molar-refractivity contribution < 1.29 is 9.59 Å². The van der Waals surface area contributed by atoms with Gasteiger partial charge in [0.05, 0.1) is 5.41 Å². The zero-order valence-electron chi connectivity index (χ0n) is 19.9. The van der Waals surface area contributed by atoms with E-state index in [2.05, 4.69) is 9.80 Å². The molecule has 1 aliphatic heterocycles. The zero-order chi connectivity index (χ0) is 21.5. The van der Waals surface area contributed by atoms with Gasteiger partial charge in [-0.05, 0) is 113 Å². The van der Waals surface area contributed by atoms with Crippen molar-refractivity contribution in [1.82, 2.24) is 9.80 Å². The van der Waals surface area contributed by atoms with Crippen LogP contribution in [0.1, 0.15) is 89.9 Å². The Labute approximate surface area is 193 Å². The first-order chi connectivity index (χ1) is 15.5. The van der Waals surface area contributed by atoms with Gasteiger partial charge in [-0.15, -0.1) is 0 Å². The smallest absolute Gasteiger partial charge is 0.228 e. The molecule has 0 aromatic heterocycles. The highest BCUT2D eigenvalue weighted by atomic mass is 16.2. The highest BCUT2D eigenvalue weighted by Crippen LogP contribution is 2.59. The van der Waals surface area contributed by atoms with E-state index in [1.165, 1.54) is 51.4 Å². The maximum Gasteiger partial charge on any atom is 0.228 e. The fourth-order valence-corrected chi connectivity index (χ4v) is 10.7. The second-order valence-electron chi connectivity index (χ2n) is 13.7. The Hall–Kier alpha value is -1.06. The summed E-state index contributed by atoms with van der Waals surface area (Å²) >= 11 is 0. The van der Waals surface area contributed by atoms with E-state index in [-0.39, 0.29) is 10.8 Å². The van der Waals surface area contributed by atoms with Crippen LogP contribution in [-0.2, 0) is 9.59 Å². The normalized spacial score (nSPS) is 49.2. The predicted octanol–water partition coefficient (Wildman–Crippen LogP) is 4.87. The van der Waals surface area contributed by atoms with Crippen LogP contribution in [0, 0.1) is 46.3 Å². The maximum absolute atomic E-state index is 13.9. The molecule has 0 aromatic rings. The first-order valence-electron chi connectivity index (χ1n) is 14.1. The third kappa shape index (κ3) is 3.13. The van der Waals surface area contributed by atoms with E-state index in [0.717, 1.165) is 100 Å². The number of carbonyl (C=O) groups excluding carboxylic acids is 2. The summed E-state index contributed by atoms with van der Waals surface area (Å²) in [4.78, 5) is 32.1. The molecule has 176 valence electrons. The van der Waals surface area contributed by atoms with Gasteiger partial charge in [-0.1, -0.05) is 12.8 Å². The third-order valence-corrected chi connectivity index (χ3v) is 11.5. The van der Waals surface area contributed by atoms with Gasteiger partial charge in [0, 0.05) is 31.6 Å². The first-order valence-corrected chi connectivity index (χ1v) is 14.1. The Kier molecular flexibility index (Phi) is 4.58. The van der Waals surface area contributed by atoms with E-state index in [1.807, 2.05) is 0 Å². The molecule has 4 unspecified atom stereocenters. The van der Waals surface area contributed by atoms with Crippen molar-refractivity contribution in [1.29, 1.82) is 0 Å². The molecule has 32 heavy (non-hydrogen) atoms. The van der Waals surface area contributed by atoms with Crippen molar-refractivity contribution in [2.24, 2.45) is 46.3 Å². The Morgan fingerprint density at radius 2 is 0.906 bits per heavy atom. The van der Waals surface area contributed by atoms with Crippen LogP contribution >= 0.6 is 0 Å². The van der Waals surface area contributed by atoms with Gasteiger partial charge in [-0.3, -0.25) is 9.59 Å². The van der Waals surface area contributed by atoms with Crippen LogP contribution in [0.4, 0.5) is 0 Å². The summed E-state index contributed by atoms with van der Waals surface area (Å²) in [7, 11) is 0. The lowest BCUT2D eigenvalue weighted by Gasteiger charge is -2.50. The van der Waals surface area contributed by atoms with Crippen LogP contribution in [0.25, 0.3) is 0 Å². The standard InChI is InChI=1S/C28H42N2O2/c31-25(27-4-3-19-9-22(16-27)13-23(10-19)17-27)29-5-7-30(8-6-29)26(32)28-14-20-1-2-21(15-28)12-24(11-20)18-28/h19-24H,1-18H2. The number of fused-ring (bicyclic) bond motifs is 2. The van der Waals surface area contributed by atoms with E-state index in [4.69, 9.17) is 0 Å². The molecular formula is C28H42N2O2. The van der Waals surface area contributed by atoms with Gasteiger partial charge in [0.2, 0.25) is 11.8 Å². The molecule has 8 aliphatic carbocycles. The molecule has 1 heterocycles. The summed E-state index contributed by atoms with van der Waals surface area (Å²) in [6, 6.07) is 0. The number of piperazine rings is 1. The average Bonchev–Trinajstić information content (AvgIpc) is 3.14. The van der Waals surface area contributed by atoms with Gasteiger partial charge in [0.25, 0.3) is 0 Å². The summed E-state index contributed by atoms with van der Waals surface area (Å²) in [5.74, 6) is 5.85. The molecule has 4 nitrogen and oxygen atoms in total. The van der Waals surface area contributed by atoms with Gasteiger partial charge in [-0.25, -0.2) is 0 Å². The minimum absolute atomic E-state index is 0.0449. The van der Waals surface area contributed by atoms with E-state index in [9.17, 15) is 9.59 Å². The molecule has 4 atom stereocenters. The topological polar surface area (TPSA) is 40.6 Å². The summed E-state index contributed by atoms with van der Waals surface area (Å²) < 4.78 is 0. The Morgan fingerprint density at radius 1 is 0.500 bits per heavy atom. The van der Waals surface area contributed by atoms with Crippen LogP contribution in [0.3, 0.4) is 0 Å². The predicted molar refractivity (Wildman–Crippen MR) is 124 cm³/mol. The molecule has 9 aliphatic rings. The molecule has 9 fully saturated rings. The van der Waals surface area contributed by atoms with Gasteiger partial charge in [0.1, 0.15) is 0 Å². The first kappa shape index (κ1) is 20.3. The van der Waals surface area contributed by atoms with Crippen LogP contribution in [0.15, 0.2) is 0 Å². The van der Waals surface area contributed by atoms with Gasteiger partial charge >= 0.3 is 0 Å². The van der Waals surface area contributed by atoms with E-state index in [1.54, 1.807) is 0 Å². The number of hydrogen-bond donors (Lipinski definition) is 0. The quantitative estimate of drug-likeness (QED) is 0.617. The van der Waals surface area contributed by atoms with Crippen molar-refractivity contribution >= 4 is 11.8 Å². The fourth-order valence-electron chi connectivity index (χ4n) is 10.7. The van der Waals surface area contributed by atoms with Crippen LogP contribution < -0.4 is 0 Å². The summed E-state index contributed by atoms with van der Waals surface area (Å²) in [5, 5.41) is 0. The fraction of sp³-hybridized carbons (Fsp3) is 0.929. The second-order valence-corrected chi connectivity index (χ2v) is 13.7. The lowest BCUT2D eigenvalue weighted by Crippen LogP contribution is -2.58. The molecule has 0 spiro atoms. The summed E-state index contributed by atoms with van der Waals surface area (Å²) in [6.45, 7) is 3.10. The van der Waals surface area contributed by atoms with Gasteiger partial charge in [0.15, 0.2) is 0 Å². The molecule has 8 saturated carbocycles. The largest absolute Gasteiger partial charge is 0.339 e. The SMILES string of the molecule is O=C(N1CCN(C(=O)C23CC4CCC(CC(C4)C2)C3)CC1)C12CCC3CC(CC(C3)C1)C2. The molecular weight excluding hydrogens is 396 g/mol. The Morgan fingerprint density at radius 3 is 1.47 bits per heavy atom. The van der Waals surface area contributed by atoms with E-state index in [0.29, 0.717) is 11.8 Å². The molecule has 0 radical (unpaired) electrons. The molecule has 4 heteroatoms. The van der Waals surface area contributed by atoms with Crippen molar-refractivity contribution in [3.05, 3.63) is 0 Å². The number of rotatable bonds is 2. The minimum atomic E-state index is -0.0527. The number of hydrogen-bond acceptors (Lipinski definition) is 2. The van der Waals surface area contributed by atoms with Crippen molar-refractivity contribution in [3.8, 4) is 0 Å². The molecule has 2 amide bonds.